The highest BCUT2D eigenvalue weighted by Gasteiger charge is 2.41. The van der Waals surface area contributed by atoms with Crippen molar-refractivity contribution < 1.29 is 46.2 Å². The number of halogens is 1. The Morgan fingerprint density at radius 1 is 1.04 bits per heavy atom. The normalized spacial score (nSPS) is 17.9. The summed E-state index contributed by atoms with van der Waals surface area (Å²) in [6.45, 7) is 5.73. The van der Waals surface area contributed by atoms with E-state index in [-0.39, 0.29) is 61.7 Å². The van der Waals surface area contributed by atoms with E-state index in [4.69, 9.17) is 9.47 Å². The molecule has 2 aliphatic rings. The second-order valence-electron chi connectivity index (χ2n) is 14.2. The summed E-state index contributed by atoms with van der Waals surface area (Å²) in [4.78, 5) is 22.7. The van der Waals surface area contributed by atoms with Gasteiger partial charge in [-0.05, 0) is 122 Å². The van der Waals surface area contributed by atoms with Crippen molar-refractivity contribution in [2.75, 3.05) is 29.0 Å². The Labute approximate surface area is 321 Å². The van der Waals surface area contributed by atoms with Crippen LogP contribution in [0.1, 0.15) is 66.5 Å². The molecule has 0 bridgehead atoms. The van der Waals surface area contributed by atoms with Crippen LogP contribution in [0.3, 0.4) is 0 Å². The van der Waals surface area contributed by atoms with Gasteiger partial charge in [0.15, 0.2) is 4.90 Å². The molecule has 6 rings (SSSR count). The fourth-order valence-electron chi connectivity index (χ4n) is 7.60. The number of rotatable bonds is 13. The Morgan fingerprint density at radius 3 is 2.38 bits per heavy atom. The molecule has 4 aromatic carbocycles. The summed E-state index contributed by atoms with van der Waals surface area (Å²) >= 11 is 0. The molecule has 294 valence electrons. The summed E-state index contributed by atoms with van der Waals surface area (Å²) in [5.74, 6) is -0.412. The van der Waals surface area contributed by atoms with Crippen LogP contribution in [0.2, 0.25) is 0 Å². The SMILES string of the molecule is CCOC(=O)CCc1ccc(N(C2CCc3c(-c4c(C)cc(OCC5(O)CCS(O)(O)CC5)cc4C)cccc32)S(=O)(=O)c2ccccc2[N+](=O)[O-])cc1F. The number of ether oxygens (including phenoxy) is 2. The second kappa shape index (κ2) is 15.9. The number of nitro benzene ring substituents is 1. The first-order valence-electron chi connectivity index (χ1n) is 18.1. The minimum Gasteiger partial charge on any atom is -0.491 e. The van der Waals surface area contributed by atoms with Crippen molar-refractivity contribution in [3.05, 3.63) is 117 Å². The quantitative estimate of drug-likeness (QED) is 0.0682. The van der Waals surface area contributed by atoms with Crippen molar-refractivity contribution in [1.82, 2.24) is 0 Å². The number of aliphatic hydroxyl groups is 1. The summed E-state index contributed by atoms with van der Waals surface area (Å²) in [5.41, 5.74) is 3.51. The monoisotopic (exact) mass is 796 g/mol. The zero-order chi connectivity index (χ0) is 39.7. The van der Waals surface area contributed by atoms with E-state index < -0.39 is 59.5 Å². The van der Waals surface area contributed by atoms with Gasteiger partial charge in [-0.3, -0.25) is 28.3 Å². The van der Waals surface area contributed by atoms with E-state index in [1.807, 2.05) is 44.2 Å². The zero-order valence-electron chi connectivity index (χ0n) is 30.9. The van der Waals surface area contributed by atoms with Gasteiger partial charge in [0.2, 0.25) is 0 Å². The lowest BCUT2D eigenvalue weighted by Crippen LogP contribution is -2.42. The molecule has 0 spiro atoms. The summed E-state index contributed by atoms with van der Waals surface area (Å²) in [5, 5.41) is 23.1. The van der Waals surface area contributed by atoms with Crippen molar-refractivity contribution in [2.45, 2.75) is 75.8 Å². The number of nitro groups is 1. The topological polar surface area (TPSA) is 177 Å². The van der Waals surface area contributed by atoms with E-state index in [0.717, 1.165) is 44.3 Å². The van der Waals surface area contributed by atoms with Crippen LogP contribution in [0.4, 0.5) is 15.8 Å². The highest BCUT2D eigenvalue weighted by atomic mass is 32.3. The summed E-state index contributed by atoms with van der Waals surface area (Å²) < 4.78 is 77.0. The second-order valence-corrected chi connectivity index (χ2v) is 18.4. The minimum absolute atomic E-state index is 0.0000167. The average Bonchev–Trinajstić information content (AvgIpc) is 3.56. The van der Waals surface area contributed by atoms with Crippen LogP contribution in [-0.4, -0.2) is 63.8 Å². The van der Waals surface area contributed by atoms with Crippen LogP contribution in [0, 0.1) is 29.8 Å². The maximum Gasteiger partial charge on any atom is 0.306 e. The predicted octanol–water partition coefficient (Wildman–Crippen LogP) is 8.05. The number of nitrogens with zero attached hydrogens (tertiary/aromatic N) is 2. The Kier molecular flexibility index (Phi) is 11.6. The number of anilines is 1. The minimum atomic E-state index is -4.66. The van der Waals surface area contributed by atoms with E-state index >= 15 is 4.39 Å². The summed E-state index contributed by atoms with van der Waals surface area (Å²) in [6.07, 6.45) is 1.18. The maximum absolute atomic E-state index is 15.7. The molecule has 1 unspecified atom stereocenters. The molecule has 0 aromatic heterocycles. The maximum atomic E-state index is 15.7. The van der Waals surface area contributed by atoms with E-state index in [1.165, 1.54) is 30.3 Å². The summed E-state index contributed by atoms with van der Waals surface area (Å²) in [7, 11) is -7.32. The van der Waals surface area contributed by atoms with Crippen LogP contribution in [0.15, 0.2) is 77.7 Å². The zero-order valence-corrected chi connectivity index (χ0v) is 32.5. The Hall–Kier alpha value is -4.54. The van der Waals surface area contributed by atoms with E-state index in [0.29, 0.717) is 24.2 Å². The first-order valence-corrected chi connectivity index (χ1v) is 21.4. The van der Waals surface area contributed by atoms with Gasteiger partial charge in [-0.2, -0.15) is 10.6 Å². The molecule has 15 heteroatoms. The molecule has 55 heavy (non-hydrogen) atoms. The standard InChI is InChI=1S/C40H45FN2O10S2/c1-4-52-38(44)17-13-28-12-14-29(24-34(28)41)42(55(50,51)37-11-6-5-10-36(37)43(46)47)35-16-15-31-32(35)8-7-9-33(31)39-26(2)22-30(23-27(39)3)53-25-40(45)18-20-54(48,49)21-19-40/h5-12,14,22-24,35,45,48-49H,4,13,15-21,25H2,1-3H3. The number of aryl methyl sites for hydroxylation is 3. The number of hydrogen-bond acceptors (Lipinski definition) is 10. The highest BCUT2D eigenvalue weighted by Crippen LogP contribution is 2.48. The number of fused-ring (bicyclic) bond motifs is 1. The van der Waals surface area contributed by atoms with Crippen LogP contribution < -0.4 is 9.04 Å². The van der Waals surface area contributed by atoms with Gasteiger partial charge in [-0.25, -0.2) is 12.8 Å². The molecule has 0 amide bonds. The van der Waals surface area contributed by atoms with Crippen molar-refractivity contribution >= 4 is 38.0 Å². The third kappa shape index (κ3) is 8.50. The van der Waals surface area contributed by atoms with E-state index in [2.05, 4.69) is 0 Å². The molecule has 4 aromatic rings. The Balaban J connectivity index is 1.37. The number of carbonyl (C=O) groups excluding carboxylic acids is 1. The summed E-state index contributed by atoms with van der Waals surface area (Å²) in [6, 6.07) is 17.6. The van der Waals surface area contributed by atoms with Gasteiger partial charge in [-0.1, -0.05) is 36.4 Å². The molecule has 1 atom stereocenters. The van der Waals surface area contributed by atoms with Gasteiger partial charge in [0, 0.05) is 24.0 Å². The van der Waals surface area contributed by atoms with Crippen LogP contribution >= 0.6 is 10.6 Å². The number of carbonyl (C=O) groups is 1. The molecule has 0 saturated carbocycles. The third-order valence-electron chi connectivity index (χ3n) is 10.4. The number of hydrogen-bond donors (Lipinski definition) is 3. The van der Waals surface area contributed by atoms with Gasteiger partial charge in [0.05, 0.1) is 23.3 Å². The molecule has 1 heterocycles. The molecule has 1 aliphatic carbocycles. The first-order chi connectivity index (χ1) is 26.0. The number of para-hydroxylation sites is 1. The molecule has 1 saturated heterocycles. The molecule has 1 aliphatic heterocycles. The number of sulfonamides is 1. The van der Waals surface area contributed by atoms with Crippen LogP contribution in [-0.2, 0) is 32.4 Å². The molecule has 12 nitrogen and oxygen atoms in total. The van der Waals surface area contributed by atoms with Crippen molar-refractivity contribution in [3.63, 3.8) is 0 Å². The first kappa shape index (κ1) is 40.1. The Morgan fingerprint density at radius 2 is 1.73 bits per heavy atom. The van der Waals surface area contributed by atoms with Crippen LogP contribution in [0.5, 0.6) is 5.75 Å². The van der Waals surface area contributed by atoms with Gasteiger partial charge in [0.1, 0.15) is 23.8 Å². The molecular weight excluding hydrogens is 752 g/mol. The molecular formula is C40H45FN2O10S2. The average molecular weight is 797 g/mol. The highest BCUT2D eigenvalue weighted by molar-refractivity contribution is 8.24. The van der Waals surface area contributed by atoms with Crippen molar-refractivity contribution in [1.29, 1.82) is 0 Å². The Bertz CT molecular complexity index is 2200. The fourth-order valence-corrected chi connectivity index (χ4v) is 11.0. The van der Waals surface area contributed by atoms with Gasteiger partial charge >= 0.3 is 5.97 Å². The van der Waals surface area contributed by atoms with Crippen molar-refractivity contribution in [2.24, 2.45) is 0 Å². The number of esters is 1. The predicted molar refractivity (Wildman–Crippen MR) is 209 cm³/mol. The van der Waals surface area contributed by atoms with E-state index in [9.17, 15) is 37.5 Å². The van der Waals surface area contributed by atoms with Crippen LogP contribution in [0.25, 0.3) is 11.1 Å². The lowest BCUT2D eigenvalue weighted by Gasteiger charge is -2.43. The molecule has 0 radical (unpaired) electrons. The van der Waals surface area contributed by atoms with E-state index in [1.54, 1.807) is 6.92 Å². The lowest BCUT2D eigenvalue weighted by molar-refractivity contribution is -0.387. The smallest absolute Gasteiger partial charge is 0.306 e. The van der Waals surface area contributed by atoms with Crippen molar-refractivity contribution in [3.8, 4) is 16.9 Å². The largest absolute Gasteiger partial charge is 0.491 e. The fraction of sp³-hybridized carbons (Fsp3) is 0.375. The lowest BCUT2D eigenvalue weighted by atomic mass is 9.90. The molecule has 1 fully saturated rings. The number of benzene rings is 4. The van der Waals surface area contributed by atoms with Gasteiger partial charge < -0.3 is 14.6 Å². The van der Waals surface area contributed by atoms with Gasteiger partial charge in [0.25, 0.3) is 15.7 Å². The molecule has 3 N–H and O–H groups in total. The van der Waals surface area contributed by atoms with Gasteiger partial charge in [-0.15, -0.1) is 0 Å². The third-order valence-corrected chi connectivity index (χ3v) is 14.0.